The minimum absolute atomic E-state index is 0.198. The number of carbonyl (C=O) groups excluding carboxylic acids is 1. The normalized spacial score (nSPS) is 11.9. The standard InChI is InChI=1S/C14H18O2/c1-5-13(15)16-14(10(2)3)12-9-7-6-8-11(12)4/h6-9,14H,2,5H2,1,3-4H3/t14-/m0/s1. The van der Waals surface area contributed by atoms with E-state index in [2.05, 4.69) is 6.58 Å². The van der Waals surface area contributed by atoms with E-state index in [0.29, 0.717) is 6.42 Å². The van der Waals surface area contributed by atoms with Crippen molar-refractivity contribution in [1.29, 1.82) is 0 Å². The number of ether oxygens (including phenoxy) is 1. The van der Waals surface area contributed by atoms with E-state index in [1.807, 2.05) is 38.1 Å². The maximum atomic E-state index is 11.3. The molecule has 86 valence electrons. The third-order valence-electron chi connectivity index (χ3n) is 2.46. The molecule has 0 N–H and O–H groups in total. The van der Waals surface area contributed by atoms with Gasteiger partial charge in [-0.25, -0.2) is 0 Å². The Bertz CT molecular complexity index is 393. The molecular formula is C14H18O2. The summed E-state index contributed by atoms with van der Waals surface area (Å²) >= 11 is 0. The van der Waals surface area contributed by atoms with Crippen molar-refractivity contribution in [1.82, 2.24) is 0 Å². The van der Waals surface area contributed by atoms with Crippen LogP contribution < -0.4 is 0 Å². The van der Waals surface area contributed by atoms with Gasteiger partial charge in [0.1, 0.15) is 6.10 Å². The highest BCUT2D eigenvalue weighted by molar-refractivity contribution is 5.69. The molecule has 2 nitrogen and oxygen atoms in total. The Kier molecular flexibility index (Phi) is 4.29. The summed E-state index contributed by atoms with van der Waals surface area (Å²) in [6.07, 6.45) is 0.0593. The molecule has 16 heavy (non-hydrogen) atoms. The van der Waals surface area contributed by atoms with Crippen LogP contribution in [0.3, 0.4) is 0 Å². The Labute approximate surface area is 96.9 Å². The summed E-state index contributed by atoms with van der Waals surface area (Å²) in [4.78, 5) is 11.3. The third-order valence-corrected chi connectivity index (χ3v) is 2.46. The molecule has 0 aliphatic rings. The first-order valence-electron chi connectivity index (χ1n) is 5.46. The number of carbonyl (C=O) groups is 1. The zero-order valence-corrected chi connectivity index (χ0v) is 10.1. The number of rotatable bonds is 4. The van der Waals surface area contributed by atoms with E-state index in [1.54, 1.807) is 6.92 Å². The number of esters is 1. The second-order valence-corrected chi connectivity index (χ2v) is 3.93. The van der Waals surface area contributed by atoms with Gasteiger partial charge >= 0.3 is 5.97 Å². The van der Waals surface area contributed by atoms with Crippen LogP contribution in [0.2, 0.25) is 0 Å². The van der Waals surface area contributed by atoms with Crippen LogP contribution in [-0.4, -0.2) is 5.97 Å². The highest BCUT2D eigenvalue weighted by atomic mass is 16.5. The van der Waals surface area contributed by atoms with Gasteiger partial charge in [0.2, 0.25) is 0 Å². The fraction of sp³-hybridized carbons (Fsp3) is 0.357. The van der Waals surface area contributed by atoms with E-state index in [-0.39, 0.29) is 12.1 Å². The van der Waals surface area contributed by atoms with E-state index in [9.17, 15) is 4.79 Å². The van der Waals surface area contributed by atoms with Crippen LogP contribution in [0.25, 0.3) is 0 Å². The summed E-state index contributed by atoms with van der Waals surface area (Å²) in [5, 5.41) is 0. The summed E-state index contributed by atoms with van der Waals surface area (Å²) < 4.78 is 5.39. The summed E-state index contributed by atoms with van der Waals surface area (Å²) in [5.74, 6) is -0.198. The molecule has 0 fully saturated rings. The van der Waals surface area contributed by atoms with Gasteiger partial charge in [0.25, 0.3) is 0 Å². The van der Waals surface area contributed by atoms with Crippen molar-refractivity contribution >= 4 is 5.97 Å². The van der Waals surface area contributed by atoms with Crippen LogP contribution in [0.4, 0.5) is 0 Å². The van der Waals surface area contributed by atoms with Crippen molar-refractivity contribution in [2.24, 2.45) is 0 Å². The zero-order valence-electron chi connectivity index (χ0n) is 10.1. The lowest BCUT2D eigenvalue weighted by Crippen LogP contribution is -2.12. The van der Waals surface area contributed by atoms with Crippen molar-refractivity contribution < 1.29 is 9.53 Å². The predicted octanol–water partition coefficient (Wildman–Crippen LogP) is 3.57. The summed E-state index contributed by atoms with van der Waals surface area (Å²) in [7, 11) is 0. The lowest BCUT2D eigenvalue weighted by atomic mass is 9.99. The zero-order chi connectivity index (χ0) is 12.1. The van der Waals surface area contributed by atoms with Gasteiger partial charge in [-0.3, -0.25) is 4.79 Å². The van der Waals surface area contributed by atoms with Gasteiger partial charge in [0.15, 0.2) is 0 Å². The lowest BCUT2D eigenvalue weighted by Gasteiger charge is -2.19. The van der Waals surface area contributed by atoms with Gasteiger partial charge in [0, 0.05) is 6.42 Å². The molecule has 0 amide bonds. The predicted molar refractivity (Wildman–Crippen MR) is 65.1 cm³/mol. The molecule has 0 unspecified atom stereocenters. The molecule has 0 radical (unpaired) electrons. The molecule has 0 aliphatic heterocycles. The molecule has 0 saturated heterocycles. The van der Waals surface area contributed by atoms with Crippen molar-refractivity contribution in [3.8, 4) is 0 Å². The lowest BCUT2D eigenvalue weighted by molar-refractivity contribution is -0.147. The van der Waals surface area contributed by atoms with E-state index in [1.165, 1.54) is 0 Å². The smallest absolute Gasteiger partial charge is 0.306 e. The minimum atomic E-state index is -0.325. The van der Waals surface area contributed by atoms with E-state index in [4.69, 9.17) is 4.74 Å². The molecule has 1 aromatic rings. The molecule has 2 heteroatoms. The van der Waals surface area contributed by atoms with Crippen LogP contribution >= 0.6 is 0 Å². The summed E-state index contributed by atoms with van der Waals surface area (Å²) in [6, 6.07) is 7.89. The average molecular weight is 218 g/mol. The summed E-state index contributed by atoms with van der Waals surface area (Å²) in [6.45, 7) is 9.55. The first-order valence-corrected chi connectivity index (χ1v) is 5.46. The molecule has 1 aromatic carbocycles. The van der Waals surface area contributed by atoms with Gasteiger partial charge < -0.3 is 4.74 Å². The second-order valence-electron chi connectivity index (χ2n) is 3.93. The van der Waals surface area contributed by atoms with E-state index < -0.39 is 0 Å². The van der Waals surface area contributed by atoms with Crippen LogP contribution in [-0.2, 0) is 9.53 Å². The summed E-state index contributed by atoms with van der Waals surface area (Å²) in [5.41, 5.74) is 2.97. The molecule has 0 spiro atoms. The Morgan fingerprint density at radius 1 is 1.44 bits per heavy atom. The number of hydrogen-bond donors (Lipinski definition) is 0. The van der Waals surface area contributed by atoms with Crippen LogP contribution in [0, 0.1) is 6.92 Å². The van der Waals surface area contributed by atoms with Crippen LogP contribution in [0.1, 0.15) is 37.5 Å². The monoisotopic (exact) mass is 218 g/mol. The molecular weight excluding hydrogens is 200 g/mol. The quantitative estimate of drug-likeness (QED) is 0.570. The SMILES string of the molecule is C=C(C)[C@H](OC(=O)CC)c1ccccc1C. The van der Waals surface area contributed by atoms with Gasteiger partial charge in [-0.2, -0.15) is 0 Å². The second kappa shape index (κ2) is 5.50. The minimum Gasteiger partial charge on any atom is -0.453 e. The Morgan fingerprint density at radius 2 is 2.06 bits per heavy atom. The van der Waals surface area contributed by atoms with Gasteiger partial charge in [-0.15, -0.1) is 0 Å². The van der Waals surface area contributed by atoms with Gasteiger partial charge in [0.05, 0.1) is 0 Å². The third kappa shape index (κ3) is 2.96. The fourth-order valence-electron chi connectivity index (χ4n) is 1.53. The molecule has 0 saturated carbocycles. The van der Waals surface area contributed by atoms with Crippen molar-refractivity contribution in [3.05, 3.63) is 47.5 Å². The van der Waals surface area contributed by atoms with Crippen molar-refractivity contribution in [3.63, 3.8) is 0 Å². The van der Waals surface area contributed by atoms with Crippen molar-refractivity contribution in [2.45, 2.75) is 33.3 Å². The fourth-order valence-corrected chi connectivity index (χ4v) is 1.53. The van der Waals surface area contributed by atoms with E-state index >= 15 is 0 Å². The molecule has 1 atom stereocenters. The number of hydrogen-bond acceptors (Lipinski definition) is 2. The Balaban J connectivity index is 2.99. The first-order chi connectivity index (χ1) is 7.56. The number of aryl methyl sites for hydroxylation is 1. The highest BCUT2D eigenvalue weighted by Crippen LogP contribution is 2.27. The van der Waals surface area contributed by atoms with Gasteiger partial charge in [-0.05, 0) is 30.5 Å². The Hall–Kier alpha value is -1.57. The van der Waals surface area contributed by atoms with Gasteiger partial charge in [-0.1, -0.05) is 37.8 Å². The average Bonchev–Trinajstić information content (AvgIpc) is 2.26. The van der Waals surface area contributed by atoms with Crippen LogP contribution in [0.15, 0.2) is 36.4 Å². The largest absolute Gasteiger partial charge is 0.453 e. The Morgan fingerprint density at radius 3 is 2.56 bits per heavy atom. The first kappa shape index (κ1) is 12.5. The highest BCUT2D eigenvalue weighted by Gasteiger charge is 2.17. The molecule has 0 aromatic heterocycles. The van der Waals surface area contributed by atoms with Crippen molar-refractivity contribution in [2.75, 3.05) is 0 Å². The molecule has 1 rings (SSSR count). The van der Waals surface area contributed by atoms with Crippen LogP contribution in [0.5, 0.6) is 0 Å². The maximum absolute atomic E-state index is 11.3. The molecule has 0 aliphatic carbocycles. The maximum Gasteiger partial charge on any atom is 0.306 e. The van der Waals surface area contributed by atoms with E-state index in [0.717, 1.165) is 16.7 Å². The number of benzene rings is 1. The molecule has 0 bridgehead atoms. The molecule has 0 heterocycles. The topological polar surface area (TPSA) is 26.3 Å².